The number of carbonyl (C=O) groups is 1. The van der Waals surface area contributed by atoms with Gasteiger partial charge in [0.1, 0.15) is 0 Å². The molecule has 2 amide bonds. The Labute approximate surface area is 192 Å². The summed E-state index contributed by atoms with van der Waals surface area (Å²) in [5.41, 5.74) is 5.78. The van der Waals surface area contributed by atoms with Crippen molar-refractivity contribution in [1.82, 2.24) is 9.88 Å². The Balaban J connectivity index is 1.47. The SMILES string of the molecule is O=C(Nc1ccc(-c2cc(-c3ccccc3)c3cc(Cl)ccc3n2)cc1)N1CCCCC1. The maximum absolute atomic E-state index is 12.5. The van der Waals surface area contributed by atoms with E-state index in [0.29, 0.717) is 5.02 Å². The molecular formula is C27H24ClN3O. The number of likely N-dealkylation sites (tertiary alicyclic amines) is 1. The first-order valence-electron chi connectivity index (χ1n) is 11.0. The Morgan fingerprint density at radius 3 is 2.34 bits per heavy atom. The van der Waals surface area contributed by atoms with Gasteiger partial charge in [0.25, 0.3) is 0 Å². The number of carbonyl (C=O) groups excluding carboxylic acids is 1. The number of hydrogen-bond acceptors (Lipinski definition) is 2. The highest BCUT2D eigenvalue weighted by Gasteiger charge is 2.16. The number of nitrogens with zero attached hydrogens (tertiary/aromatic N) is 2. The first-order valence-corrected chi connectivity index (χ1v) is 11.4. The number of hydrogen-bond donors (Lipinski definition) is 1. The Kier molecular flexibility index (Phi) is 5.78. The Bertz CT molecular complexity index is 1250. The molecule has 4 aromatic rings. The molecular weight excluding hydrogens is 418 g/mol. The molecule has 4 nitrogen and oxygen atoms in total. The molecule has 2 heterocycles. The summed E-state index contributed by atoms with van der Waals surface area (Å²) in [7, 11) is 0. The molecule has 1 aliphatic heterocycles. The number of benzene rings is 3. The molecule has 1 fully saturated rings. The number of urea groups is 1. The zero-order valence-electron chi connectivity index (χ0n) is 17.7. The molecule has 1 saturated heterocycles. The quantitative estimate of drug-likeness (QED) is 0.364. The number of piperidine rings is 1. The highest BCUT2D eigenvalue weighted by Crippen LogP contribution is 2.33. The summed E-state index contributed by atoms with van der Waals surface area (Å²) >= 11 is 6.28. The standard InChI is InChI=1S/C27H24ClN3O/c28-21-11-14-25-24(17-21)23(19-7-3-1-4-8-19)18-26(30-25)20-9-12-22(13-10-20)29-27(32)31-15-5-2-6-16-31/h1,3-4,7-14,17-18H,2,5-6,15-16H2,(H,29,32). The molecule has 1 N–H and O–H groups in total. The van der Waals surface area contributed by atoms with E-state index in [1.165, 1.54) is 6.42 Å². The molecule has 1 aliphatic rings. The van der Waals surface area contributed by atoms with E-state index in [4.69, 9.17) is 16.6 Å². The summed E-state index contributed by atoms with van der Waals surface area (Å²) in [6, 6.07) is 26.0. The minimum absolute atomic E-state index is 0.0236. The minimum Gasteiger partial charge on any atom is -0.325 e. The largest absolute Gasteiger partial charge is 0.325 e. The number of rotatable bonds is 3. The van der Waals surface area contributed by atoms with Crippen LogP contribution in [-0.2, 0) is 0 Å². The molecule has 0 saturated carbocycles. The minimum atomic E-state index is -0.0236. The Hall–Kier alpha value is -3.37. The van der Waals surface area contributed by atoms with Crippen LogP contribution < -0.4 is 5.32 Å². The second kappa shape index (κ2) is 9.01. The summed E-state index contributed by atoms with van der Waals surface area (Å²) in [6.07, 6.45) is 3.36. The van der Waals surface area contributed by atoms with Gasteiger partial charge in [0, 0.05) is 34.7 Å². The monoisotopic (exact) mass is 441 g/mol. The van der Waals surface area contributed by atoms with Crippen LogP contribution >= 0.6 is 11.6 Å². The predicted octanol–water partition coefficient (Wildman–Crippen LogP) is 7.24. The molecule has 5 heteroatoms. The second-order valence-corrected chi connectivity index (χ2v) is 8.57. The van der Waals surface area contributed by atoms with Crippen molar-refractivity contribution in [3.63, 3.8) is 0 Å². The van der Waals surface area contributed by atoms with Crippen LogP contribution in [0.15, 0.2) is 78.9 Å². The van der Waals surface area contributed by atoms with Crippen molar-refractivity contribution < 1.29 is 4.79 Å². The molecule has 0 bridgehead atoms. The summed E-state index contributed by atoms with van der Waals surface area (Å²) in [5, 5.41) is 4.73. The van der Waals surface area contributed by atoms with Crippen molar-refractivity contribution in [3.8, 4) is 22.4 Å². The number of aromatic nitrogens is 1. The van der Waals surface area contributed by atoms with Gasteiger partial charge >= 0.3 is 6.03 Å². The summed E-state index contributed by atoms with van der Waals surface area (Å²) < 4.78 is 0. The highest BCUT2D eigenvalue weighted by atomic mass is 35.5. The molecule has 0 atom stereocenters. The molecule has 160 valence electrons. The highest BCUT2D eigenvalue weighted by molar-refractivity contribution is 6.31. The first kappa shape index (κ1) is 20.5. The van der Waals surface area contributed by atoms with Gasteiger partial charge in [-0.05, 0) is 66.8 Å². The fourth-order valence-electron chi connectivity index (χ4n) is 4.23. The number of amides is 2. The van der Waals surface area contributed by atoms with Gasteiger partial charge in [-0.25, -0.2) is 9.78 Å². The number of halogens is 1. The van der Waals surface area contributed by atoms with Crippen LogP contribution in [0.4, 0.5) is 10.5 Å². The van der Waals surface area contributed by atoms with E-state index in [1.54, 1.807) is 0 Å². The molecule has 0 aliphatic carbocycles. The molecule has 0 spiro atoms. The third-order valence-corrected chi connectivity index (χ3v) is 6.17. The van der Waals surface area contributed by atoms with Gasteiger partial charge in [-0.1, -0.05) is 54.1 Å². The molecule has 3 aromatic carbocycles. The van der Waals surface area contributed by atoms with Crippen LogP contribution in [0.2, 0.25) is 5.02 Å². The van der Waals surface area contributed by atoms with Crippen LogP contribution in [0.25, 0.3) is 33.3 Å². The topological polar surface area (TPSA) is 45.2 Å². The number of anilines is 1. The van der Waals surface area contributed by atoms with Gasteiger partial charge in [0.15, 0.2) is 0 Å². The van der Waals surface area contributed by atoms with Gasteiger partial charge < -0.3 is 10.2 Å². The van der Waals surface area contributed by atoms with Crippen LogP contribution in [0.1, 0.15) is 19.3 Å². The van der Waals surface area contributed by atoms with E-state index in [1.807, 2.05) is 65.6 Å². The van der Waals surface area contributed by atoms with Crippen molar-refractivity contribution in [2.45, 2.75) is 19.3 Å². The van der Waals surface area contributed by atoms with E-state index >= 15 is 0 Å². The number of pyridine rings is 1. The molecule has 5 rings (SSSR count). The lowest BCUT2D eigenvalue weighted by Gasteiger charge is -2.26. The lowest BCUT2D eigenvalue weighted by molar-refractivity contribution is 0.200. The predicted molar refractivity (Wildman–Crippen MR) is 132 cm³/mol. The van der Waals surface area contributed by atoms with E-state index in [0.717, 1.165) is 64.9 Å². The maximum atomic E-state index is 12.5. The van der Waals surface area contributed by atoms with Crippen molar-refractivity contribution in [1.29, 1.82) is 0 Å². The fraction of sp³-hybridized carbons (Fsp3) is 0.185. The van der Waals surface area contributed by atoms with Crippen LogP contribution in [0.5, 0.6) is 0 Å². The van der Waals surface area contributed by atoms with E-state index < -0.39 is 0 Å². The lowest BCUT2D eigenvalue weighted by atomic mass is 9.98. The number of fused-ring (bicyclic) bond motifs is 1. The summed E-state index contributed by atoms with van der Waals surface area (Å²) in [6.45, 7) is 1.66. The van der Waals surface area contributed by atoms with Crippen LogP contribution in [0, 0.1) is 0 Å². The summed E-state index contributed by atoms with van der Waals surface area (Å²) in [4.78, 5) is 19.3. The average Bonchev–Trinajstić information content (AvgIpc) is 2.85. The molecule has 0 radical (unpaired) electrons. The molecule has 0 unspecified atom stereocenters. The Morgan fingerprint density at radius 1 is 0.844 bits per heavy atom. The van der Waals surface area contributed by atoms with Crippen molar-refractivity contribution in [2.75, 3.05) is 18.4 Å². The van der Waals surface area contributed by atoms with Gasteiger partial charge in [-0.2, -0.15) is 0 Å². The first-order chi connectivity index (χ1) is 15.7. The van der Waals surface area contributed by atoms with Crippen molar-refractivity contribution in [3.05, 3.63) is 83.9 Å². The zero-order valence-corrected chi connectivity index (χ0v) is 18.5. The van der Waals surface area contributed by atoms with Crippen LogP contribution in [0.3, 0.4) is 0 Å². The van der Waals surface area contributed by atoms with Crippen LogP contribution in [-0.4, -0.2) is 29.0 Å². The van der Waals surface area contributed by atoms with Gasteiger partial charge in [-0.3, -0.25) is 0 Å². The second-order valence-electron chi connectivity index (χ2n) is 8.14. The Morgan fingerprint density at radius 2 is 1.59 bits per heavy atom. The van der Waals surface area contributed by atoms with E-state index in [2.05, 4.69) is 23.5 Å². The van der Waals surface area contributed by atoms with Gasteiger partial charge in [-0.15, -0.1) is 0 Å². The summed E-state index contributed by atoms with van der Waals surface area (Å²) in [5.74, 6) is 0. The third-order valence-electron chi connectivity index (χ3n) is 5.93. The van der Waals surface area contributed by atoms with Gasteiger partial charge in [0.2, 0.25) is 0 Å². The number of nitrogens with one attached hydrogen (secondary N) is 1. The van der Waals surface area contributed by atoms with Crippen molar-refractivity contribution in [2.24, 2.45) is 0 Å². The fourth-order valence-corrected chi connectivity index (χ4v) is 4.40. The van der Waals surface area contributed by atoms with Gasteiger partial charge in [0.05, 0.1) is 11.2 Å². The van der Waals surface area contributed by atoms with Crippen molar-refractivity contribution >= 4 is 34.2 Å². The zero-order chi connectivity index (χ0) is 21.9. The molecule has 32 heavy (non-hydrogen) atoms. The smallest absolute Gasteiger partial charge is 0.321 e. The van der Waals surface area contributed by atoms with E-state index in [-0.39, 0.29) is 6.03 Å². The lowest BCUT2D eigenvalue weighted by Crippen LogP contribution is -2.38. The normalized spacial score (nSPS) is 13.8. The van der Waals surface area contributed by atoms with E-state index in [9.17, 15) is 4.79 Å². The third kappa shape index (κ3) is 4.32. The average molecular weight is 442 g/mol. The molecule has 1 aromatic heterocycles. The maximum Gasteiger partial charge on any atom is 0.321 e.